The number of hydrogen-bond donors (Lipinski definition) is 2. The molecule has 2 N–H and O–H groups in total. The van der Waals surface area contributed by atoms with Crippen molar-refractivity contribution in [2.24, 2.45) is 5.41 Å². The van der Waals surface area contributed by atoms with E-state index in [0.717, 1.165) is 0 Å². The topological polar surface area (TPSA) is 74.6 Å². The van der Waals surface area contributed by atoms with Crippen LogP contribution >= 0.6 is 0 Å². The van der Waals surface area contributed by atoms with Crippen molar-refractivity contribution in [1.82, 2.24) is 0 Å². The Morgan fingerprint density at radius 2 is 2.13 bits per heavy atom. The lowest BCUT2D eigenvalue weighted by atomic mass is 9.71. The molecule has 2 atom stereocenters. The molecule has 0 saturated heterocycles. The molecule has 0 aromatic carbocycles. The molecule has 15 heavy (non-hydrogen) atoms. The number of carbonyl (C=O) groups is 2. The molecule has 4 heteroatoms. The summed E-state index contributed by atoms with van der Waals surface area (Å²) in [6.45, 7) is 1.86. The van der Waals surface area contributed by atoms with Crippen LogP contribution in [0.1, 0.15) is 32.6 Å². The van der Waals surface area contributed by atoms with Crippen molar-refractivity contribution in [2.45, 2.75) is 38.7 Å². The van der Waals surface area contributed by atoms with Gasteiger partial charge in [0.25, 0.3) is 0 Å². The highest BCUT2D eigenvalue weighted by atomic mass is 16.4. The van der Waals surface area contributed by atoms with Gasteiger partial charge < -0.3 is 10.2 Å². The van der Waals surface area contributed by atoms with Gasteiger partial charge in [-0.3, -0.25) is 4.79 Å². The van der Waals surface area contributed by atoms with E-state index in [1.165, 1.54) is 0 Å². The van der Waals surface area contributed by atoms with Crippen LogP contribution in [0.5, 0.6) is 0 Å². The number of hydrogen-bond acceptors (Lipinski definition) is 3. The zero-order valence-corrected chi connectivity index (χ0v) is 8.62. The van der Waals surface area contributed by atoms with Crippen molar-refractivity contribution in [3.05, 3.63) is 11.1 Å². The Kier molecular flexibility index (Phi) is 2.19. The minimum Gasteiger partial charge on any atom is -0.478 e. The molecule has 0 amide bonds. The van der Waals surface area contributed by atoms with Gasteiger partial charge in [-0.05, 0) is 24.8 Å². The first-order chi connectivity index (χ1) is 6.97. The van der Waals surface area contributed by atoms with E-state index in [2.05, 4.69) is 0 Å². The number of Topliss-reactive ketones (excluding diaryl/α,β-unsaturated/α-hetero) is 1. The standard InChI is InChI=1S/C11H14O4/c1-11-5-4-7(12)9(10(14)15)6(11)2-3-8(11)13/h8,13H,2-5H2,1H3,(H,14,15). The summed E-state index contributed by atoms with van der Waals surface area (Å²) in [4.78, 5) is 22.5. The van der Waals surface area contributed by atoms with Gasteiger partial charge in [-0.15, -0.1) is 0 Å². The van der Waals surface area contributed by atoms with E-state index in [9.17, 15) is 14.7 Å². The van der Waals surface area contributed by atoms with Gasteiger partial charge >= 0.3 is 5.97 Å². The van der Waals surface area contributed by atoms with Gasteiger partial charge in [0.2, 0.25) is 0 Å². The van der Waals surface area contributed by atoms with Crippen molar-refractivity contribution in [3.63, 3.8) is 0 Å². The highest BCUT2D eigenvalue weighted by Crippen LogP contribution is 2.50. The van der Waals surface area contributed by atoms with Crippen molar-refractivity contribution in [2.75, 3.05) is 0 Å². The second-order valence-electron chi connectivity index (χ2n) is 4.55. The van der Waals surface area contributed by atoms with Crippen molar-refractivity contribution >= 4 is 11.8 Å². The highest BCUT2D eigenvalue weighted by Gasteiger charge is 2.48. The average molecular weight is 210 g/mol. The first-order valence-electron chi connectivity index (χ1n) is 5.15. The maximum Gasteiger partial charge on any atom is 0.339 e. The van der Waals surface area contributed by atoms with E-state index >= 15 is 0 Å². The molecule has 0 heterocycles. The van der Waals surface area contributed by atoms with E-state index in [4.69, 9.17) is 5.11 Å². The van der Waals surface area contributed by atoms with E-state index in [-0.39, 0.29) is 17.8 Å². The van der Waals surface area contributed by atoms with Crippen LogP contribution in [0.2, 0.25) is 0 Å². The minimum absolute atomic E-state index is 0.0692. The van der Waals surface area contributed by atoms with Crippen molar-refractivity contribution < 1.29 is 19.8 Å². The van der Waals surface area contributed by atoms with E-state index in [1.807, 2.05) is 6.92 Å². The third kappa shape index (κ3) is 1.32. The highest BCUT2D eigenvalue weighted by molar-refractivity contribution is 6.18. The summed E-state index contributed by atoms with van der Waals surface area (Å²) in [5.41, 5.74) is 0.0980. The molecule has 0 aromatic rings. The third-order valence-corrected chi connectivity index (χ3v) is 3.76. The Labute approximate surface area is 87.6 Å². The lowest BCUT2D eigenvalue weighted by molar-refractivity contribution is -0.135. The zero-order chi connectivity index (χ0) is 11.2. The average Bonchev–Trinajstić information content (AvgIpc) is 2.44. The maximum atomic E-state index is 11.5. The number of carboxylic acid groups (broad SMARTS) is 1. The van der Waals surface area contributed by atoms with Crippen LogP contribution in [0.15, 0.2) is 11.1 Å². The van der Waals surface area contributed by atoms with Crippen LogP contribution < -0.4 is 0 Å². The number of aliphatic hydroxyl groups is 1. The Balaban J connectivity index is 2.56. The molecule has 0 spiro atoms. The first-order valence-corrected chi connectivity index (χ1v) is 5.15. The maximum absolute atomic E-state index is 11.5. The number of aliphatic carboxylic acids is 1. The number of ketones is 1. The minimum atomic E-state index is -1.14. The molecule has 0 aliphatic heterocycles. The Bertz CT molecular complexity index is 369. The van der Waals surface area contributed by atoms with Gasteiger partial charge in [-0.2, -0.15) is 0 Å². The Hall–Kier alpha value is -1.16. The van der Waals surface area contributed by atoms with Crippen LogP contribution in [0.3, 0.4) is 0 Å². The fraction of sp³-hybridized carbons (Fsp3) is 0.636. The SMILES string of the molecule is CC12CCC(=O)C(C(=O)O)=C1CCC2O. The van der Waals surface area contributed by atoms with Gasteiger partial charge in [0, 0.05) is 11.8 Å². The largest absolute Gasteiger partial charge is 0.478 e. The molecular formula is C11H14O4. The summed E-state index contributed by atoms with van der Waals surface area (Å²) >= 11 is 0. The Morgan fingerprint density at radius 1 is 1.47 bits per heavy atom. The van der Waals surface area contributed by atoms with Crippen LogP contribution in [-0.4, -0.2) is 28.1 Å². The fourth-order valence-electron chi connectivity index (χ4n) is 2.73. The second kappa shape index (κ2) is 3.17. The molecule has 0 radical (unpaired) electrons. The molecule has 1 fully saturated rings. The van der Waals surface area contributed by atoms with Crippen molar-refractivity contribution in [3.8, 4) is 0 Å². The lowest BCUT2D eigenvalue weighted by Crippen LogP contribution is -2.35. The lowest BCUT2D eigenvalue weighted by Gasteiger charge is -2.33. The molecule has 0 aromatic heterocycles. The molecule has 2 unspecified atom stereocenters. The normalized spacial score (nSPS) is 35.6. The summed E-state index contributed by atoms with van der Waals surface area (Å²) in [5, 5.41) is 18.8. The molecule has 2 aliphatic carbocycles. The molecule has 2 aliphatic rings. The van der Waals surface area contributed by atoms with Gasteiger partial charge in [0.05, 0.1) is 6.10 Å². The molecule has 1 saturated carbocycles. The number of carboxylic acids is 1. The summed E-state index contributed by atoms with van der Waals surface area (Å²) in [7, 11) is 0. The summed E-state index contributed by atoms with van der Waals surface area (Å²) < 4.78 is 0. The number of fused-ring (bicyclic) bond motifs is 1. The van der Waals surface area contributed by atoms with Crippen LogP contribution in [0.25, 0.3) is 0 Å². The smallest absolute Gasteiger partial charge is 0.339 e. The predicted octanol–water partition coefficient (Wildman–Crippen LogP) is 0.891. The number of aliphatic hydroxyl groups excluding tert-OH is 1. The fourth-order valence-corrected chi connectivity index (χ4v) is 2.73. The zero-order valence-electron chi connectivity index (χ0n) is 8.62. The van der Waals surface area contributed by atoms with Crippen LogP contribution in [0.4, 0.5) is 0 Å². The van der Waals surface area contributed by atoms with E-state index in [1.54, 1.807) is 0 Å². The van der Waals surface area contributed by atoms with Gasteiger partial charge in [0.15, 0.2) is 5.78 Å². The first kappa shape index (κ1) is 10.4. The van der Waals surface area contributed by atoms with E-state index in [0.29, 0.717) is 24.8 Å². The summed E-state index contributed by atoms with van der Waals surface area (Å²) in [6.07, 6.45) is 1.40. The van der Waals surface area contributed by atoms with Crippen LogP contribution in [0, 0.1) is 5.41 Å². The molecule has 4 nitrogen and oxygen atoms in total. The van der Waals surface area contributed by atoms with Crippen LogP contribution in [-0.2, 0) is 9.59 Å². The predicted molar refractivity (Wildman–Crippen MR) is 52.3 cm³/mol. The molecule has 82 valence electrons. The number of carbonyl (C=O) groups excluding carboxylic acids is 1. The number of rotatable bonds is 1. The third-order valence-electron chi connectivity index (χ3n) is 3.76. The van der Waals surface area contributed by atoms with Crippen molar-refractivity contribution in [1.29, 1.82) is 0 Å². The molecular weight excluding hydrogens is 196 g/mol. The van der Waals surface area contributed by atoms with Gasteiger partial charge in [0.1, 0.15) is 5.57 Å². The Morgan fingerprint density at radius 3 is 2.73 bits per heavy atom. The second-order valence-corrected chi connectivity index (χ2v) is 4.55. The van der Waals surface area contributed by atoms with Gasteiger partial charge in [-0.25, -0.2) is 4.79 Å². The monoisotopic (exact) mass is 210 g/mol. The summed E-state index contributed by atoms with van der Waals surface area (Å²) in [6, 6.07) is 0. The van der Waals surface area contributed by atoms with Gasteiger partial charge in [-0.1, -0.05) is 6.92 Å². The summed E-state index contributed by atoms with van der Waals surface area (Å²) in [5.74, 6) is -1.43. The quantitative estimate of drug-likeness (QED) is 0.630. The molecule has 2 rings (SSSR count). The van der Waals surface area contributed by atoms with E-state index < -0.39 is 17.5 Å². The molecule has 0 bridgehead atoms.